The second-order valence-electron chi connectivity index (χ2n) is 6.41. The molecule has 3 aromatic carbocycles. The summed E-state index contributed by atoms with van der Waals surface area (Å²) in [6.45, 7) is 4.57. The molecule has 0 fully saturated rings. The number of hydrogen-bond donors (Lipinski definition) is 1. The molecule has 0 aliphatic carbocycles. The number of benzene rings is 3. The van der Waals surface area contributed by atoms with Gasteiger partial charge in [0, 0.05) is 5.56 Å². The number of carbonyl (C=O) groups is 1. The van der Waals surface area contributed by atoms with Crippen molar-refractivity contribution in [2.45, 2.75) is 20.5 Å². The predicted octanol–water partition coefficient (Wildman–Crippen LogP) is 4.65. The summed E-state index contributed by atoms with van der Waals surface area (Å²) in [5.74, 6) is 0.556. The number of aryl methyl sites for hydroxylation is 2. The van der Waals surface area contributed by atoms with Gasteiger partial charge in [-0.2, -0.15) is 5.10 Å². The Bertz CT molecular complexity index is 912. The molecular formula is C23H22N2O2. The van der Waals surface area contributed by atoms with Gasteiger partial charge in [0.2, 0.25) is 0 Å². The van der Waals surface area contributed by atoms with Crippen molar-refractivity contribution in [1.29, 1.82) is 0 Å². The van der Waals surface area contributed by atoms with Crippen molar-refractivity contribution >= 4 is 12.1 Å². The van der Waals surface area contributed by atoms with Crippen LogP contribution in [0.3, 0.4) is 0 Å². The van der Waals surface area contributed by atoms with Gasteiger partial charge >= 0.3 is 0 Å². The standard InChI is InChI=1S/C23H22N2O2/c1-17-3-7-20(8-4-17)16-27-22-13-9-19(10-14-22)15-24-25-23(26)21-11-5-18(2)6-12-21/h3-15H,16H2,1-2H3,(H,25,26)/b24-15+. The van der Waals surface area contributed by atoms with Crippen LogP contribution >= 0.6 is 0 Å². The van der Waals surface area contributed by atoms with Crippen molar-refractivity contribution in [1.82, 2.24) is 5.43 Å². The van der Waals surface area contributed by atoms with E-state index in [9.17, 15) is 4.79 Å². The van der Waals surface area contributed by atoms with Crippen molar-refractivity contribution in [2.24, 2.45) is 5.10 Å². The van der Waals surface area contributed by atoms with Crippen LogP contribution in [0.4, 0.5) is 0 Å². The summed E-state index contributed by atoms with van der Waals surface area (Å²) in [6.07, 6.45) is 1.61. The Morgan fingerprint density at radius 1 is 0.889 bits per heavy atom. The van der Waals surface area contributed by atoms with Crippen molar-refractivity contribution < 1.29 is 9.53 Å². The summed E-state index contributed by atoms with van der Waals surface area (Å²) < 4.78 is 5.78. The van der Waals surface area contributed by atoms with Gasteiger partial charge in [-0.15, -0.1) is 0 Å². The lowest BCUT2D eigenvalue weighted by atomic mass is 10.1. The topological polar surface area (TPSA) is 50.7 Å². The average Bonchev–Trinajstić information content (AvgIpc) is 2.69. The molecule has 3 aromatic rings. The molecule has 0 bridgehead atoms. The van der Waals surface area contributed by atoms with Crippen LogP contribution in [0.25, 0.3) is 0 Å². The number of ether oxygens (including phenoxy) is 1. The molecule has 0 radical (unpaired) electrons. The molecule has 0 saturated carbocycles. The van der Waals surface area contributed by atoms with Crippen LogP contribution in [0.1, 0.15) is 32.6 Å². The molecule has 0 aliphatic heterocycles. The summed E-state index contributed by atoms with van der Waals surface area (Å²) in [5.41, 5.74) is 7.46. The van der Waals surface area contributed by atoms with Crippen LogP contribution in [-0.4, -0.2) is 12.1 Å². The van der Waals surface area contributed by atoms with Gasteiger partial charge in [-0.25, -0.2) is 5.43 Å². The first kappa shape index (κ1) is 18.4. The zero-order chi connectivity index (χ0) is 19.1. The summed E-state index contributed by atoms with van der Waals surface area (Å²) in [5, 5.41) is 4.01. The van der Waals surface area contributed by atoms with Crippen LogP contribution in [-0.2, 0) is 6.61 Å². The molecule has 4 heteroatoms. The normalized spacial score (nSPS) is 10.7. The Morgan fingerprint density at radius 3 is 2.11 bits per heavy atom. The Hall–Kier alpha value is -3.40. The fraction of sp³-hybridized carbons (Fsp3) is 0.130. The summed E-state index contributed by atoms with van der Waals surface area (Å²) >= 11 is 0. The van der Waals surface area contributed by atoms with E-state index in [0.29, 0.717) is 12.2 Å². The summed E-state index contributed by atoms with van der Waals surface area (Å²) in [7, 11) is 0. The van der Waals surface area contributed by atoms with E-state index in [1.807, 2.05) is 43.3 Å². The third-order valence-corrected chi connectivity index (χ3v) is 4.10. The molecule has 0 heterocycles. The number of rotatable bonds is 6. The molecule has 27 heavy (non-hydrogen) atoms. The monoisotopic (exact) mass is 358 g/mol. The lowest BCUT2D eigenvalue weighted by molar-refractivity contribution is 0.0955. The maximum absolute atomic E-state index is 12.0. The molecule has 0 unspecified atom stereocenters. The van der Waals surface area contributed by atoms with E-state index in [1.54, 1.807) is 18.3 Å². The van der Waals surface area contributed by atoms with Crippen LogP contribution in [0, 0.1) is 13.8 Å². The largest absolute Gasteiger partial charge is 0.489 e. The second-order valence-corrected chi connectivity index (χ2v) is 6.41. The highest BCUT2D eigenvalue weighted by Gasteiger charge is 2.02. The van der Waals surface area contributed by atoms with Crippen LogP contribution in [0.15, 0.2) is 77.9 Å². The van der Waals surface area contributed by atoms with Crippen LogP contribution in [0.5, 0.6) is 5.75 Å². The van der Waals surface area contributed by atoms with Crippen molar-refractivity contribution in [3.8, 4) is 5.75 Å². The van der Waals surface area contributed by atoms with E-state index >= 15 is 0 Å². The Morgan fingerprint density at radius 2 is 1.48 bits per heavy atom. The predicted molar refractivity (Wildman–Crippen MR) is 108 cm³/mol. The van der Waals surface area contributed by atoms with E-state index < -0.39 is 0 Å². The van der Waals surface area contributed by atoms with Gasteiger partial charge < -0.3 is 4.74 Å². The zero-order valence-corrected chi connectivity index (χ0v) is 15.5. The molecule has 1 amide bonds. The number of hydrazone groups is 1. The lowest BCUT2D eigenvalue weighted by Gasteiger charge is -2.07. The van der Waals surface area contributed by atoms with Crippen molar-refractivity contribution in [2.75, 3.05) is 0 Å². The molecule has 0 saturated heterocycles. The van der Waals surface area contributed by atoms with Gasteiger partial charge in [-0.1, -0.05) is 47.5 Å². The van der Waals surface area contributed by atoms with E-state index in [-0.39, 0.29) is 5.91 Å². The van der Waals surface area contributed by atoms with Gasteiger partial charge in [0.1, 0.15) is 12.4 Å². The highest BCUT2D eigenvalue weighted by atomic mass is 16.5. The minimum atomic E-state index is -0.232. The fourth-order valence-corrected chi connectivity index (χ4v) is 2.44. The number of nitrogens with one attached hydrogen (secondary N) is 1. The van der Waals surface area contributed by atoms with Gasteiger partial charge in [0.05, 0.1) is 6.21 Å². The lowest BCUT2D eigenvalue weighted by Crippen LogP contribution is -2.17. The Balaban J connectivity index is 1.50. The smallest absolute Gasteiger partial charge is 0.271 e. The van der Waals surface area contributed by atoms with Gasteiger partial charge in [-0.3, -0.25) is 4.79 Å². The molecule has 136 valence electrons. The Kier molecular flexibility index (Phi) is 6.00. The number of hydrogen-bond acceptors (Lipinski definition) is 3. The SMILES string of the molecule is Cc1ccc(COc2ccc(/C=N/NC(=O)c3ccc(C)cc3)cc2)cc1. The first-order valence-corrected chi connectivity index (χ1v) is 8.79. The maximum atomic E-state index is 12.0. The minimum absolute atomic E-state index is 0.232. The average molecular weight is 358 g/mol. The first-order chi connectivity index (χ1) is 13.1. The second kappa shape index (κ2) is 8.81. The van der Waals surface area contributed by atoms with E-state index in [1.165, 1.54) is 5.56 Å². The molecule has 0 aromatic heterocycles. The van der Waals surface area contributed by atoms with Crippen molar-refractivity contribution in [3.05, 3.63) is 101 Å². The molecule has 0 atom stereocenters. The Labute approximate surface area is 159 Å². The van der Waals surface area contributed by atoms with Gasteiger partial charge in [0.25, 0.3) is 5.91 Å². The minimum Gasteiger partial charge on any atom is -0.489 e. The molecule has 0 spiro atoms. The van der Waals surface area contributed by atoms with E-state index in [4.69, 9.17) is 4.74 Å². The fourth-order valence-electron chi connectivity index (χ4n) is 2.44. The van der Waals surface area contributed by atoms with Crippen molar-refractivity contribution in [3.63, 3.8) is 0 Å². The molecule has 4 nitrogen and oxygen atoms in total. The quantitative estimate of drug-likeness (QED) is 0.515. The van der Waals surface area contributed by atoms with E-state index in [0.717, 1.165) is 22.4 Å². The summed E-state index contributed by atoms with van der Waals surface area (Å²) in [6, 6.07) is 23.2. The number of amides is 1. The zero-order valence-electron chi connectivity index (χ0n) is 15.5. The summed E-state index contributed by atoms with van der Waals surface area (Å²) in [4.78, 5) is 12.0. The van der Waals surface area contributed by atoms with Gasteiger partial charge in [0.15, 0.2) is 0 Å². The van der Waals surface area contributed by atoms with Gasteiger partial charge in [-0.05, 0) is 61.4 Å². The van der Waals surface area contributed by atoms with Crippen LogP contribution in [0.2, 0.25) is 0 Å². The van der Waals surface area contributed by atoms with Crippen LogP contribution < -0.4 is 10.2 Å². The third-order valence-electron chi connectivity index (χ3n) is 4.10. The third kappa shape index (κ3) is 5.54. The highest BCUT2D eigenvalue weighted by molar-refractivity contribution is 5.94. The van der Waals surface area contributed by atoms with E-state index in [2.05, 4.69) is 41.7 Å². The highest BCUT2D eigenvalue weighted by Crippen LogP contribution is 2.14. The molecule has 0 aliphatic rings. The number of nitrogens with zero attached hydrogens (tertiary/aromatic N) is 1. The molecule has 1 N–H and O–H groups in total. The molecule has 3 rings (SSSR count). The maximum Gasteiger partial charge on any atom is 0.271 e. The number of carbonyl (C=O) groups excluding carboxylic acids is 1. The first-order valence-electron chi connectivity index (χ1n) is 8.79. The molecular weight excluding hydrogens is 336 g/mol.